The van der Waals surface area contributed by atoms with Crippen molar-refractivity contribution in [1.82, 2.24) is 42.5 Å². The lowest BCUT2D eigenvalue weighted by atomic mass is 9.87. The van der Waals surface area contributed by atoms with Crippen LogP contribution in [0.3, 0.4) is 0 Å². The van der Waals surface area contributed by atoms with Crippen molar-refractivity contribution in [3.63, 3.8) is 0 Å². The Morgan fingerprint density at radius 1 is 0.618 bits per heavy atom. The molecule has 0 aromatic carbocycles. The van der Waals surface area contributed by atoms with Gasteiger partial charge in [0.1, 0.15) is 30.2 Å². The molecule has 1 fully saturated rings. The van der Waals surface area contributed by atoms with E-state index < -0.39 is 77.7 Å². The largest absolute Gasteiger partial charge is 0.384 e. The minimum absolute atomic E-state index is 0.00711. The molecule has 14 heteroatoms. The zero-order chi connectivity index (χ0) is 41.1. The Kier molecular flexibility index (Phi) is 17.0. The van der Waals surface area contributed by atoms with Crippen molar-refractivity contribution >= 4 is 35.4 Å². The fourth-order valence-electron chi connectivity index (χ4n) is 6.97. The van der Waals surface area contributed by atoms with E-state index in [4.69, 9.17) is 0 Å². The van der Waals surface area contributed by atoms with E-state index in [1.54, 1.807) is 34.6 Å². The van der Waals surface area contributed by atoms with Gasteiger partial charge in [0, 0.05) is 18.5 Å². The quantitative estimate of drug-likeness (QED) is 0.174. The van der Waals surface area contributed by atoms with E-state index >= 15 is 0 Å². The Hall–Kier alpha value is -4.20. The van der Waals surface area contributed by atoms with E-state index in [1.807, 2.05) is 59.9 Å². The summed E-state index contributed by atoms with van der Waals surface area (Å²) in [6.07, 6.45) is 11.0. The lowest BCUT2D eigenvalue weighted by molar-refractivity contribution is -0.136. The van der Waals surface area contributed by atoms with Gasteiger partial charge in [-0.15, -0.1) is 0 Å². The van der Waals surface area contributed by atoms with Gasteiger partial charge in [0.25, 0.3) is 0 Å². The highest BCUT2D eigenvalue weighted by Gasteiger charge is 2.38. The lowest BCUT2D eigenvalue weighted by Crippen LogP contribution is -2.61. The van der Waals surface area contributed by atoms with Gasteiger partial charge >= 0.3 is 0 Å². The van der Waals surface area contributed by atoms with Crippen molar-refractivity contribution in [1.29, 1.82) is 0 Å². The topological polar surface area (TPSA) is 199 Å². The third kappa shape index (κ3) is 12.7. The highest BCUT2D eigenvalue weighted by molar-refractivity contribution is 5.97. The summed E-state index contributed by atoms with van der Waals surface area (Å²) in [5.74, 6) is -3.97. The van der Waals surface area contributed by atoms with Gasteiger partial charge < -0.3 is 42.5 Å². The molecule has 4 unspecified atom stereocenters. The highest BCUT2D eigenvalue weighted by atomic mass is 16.2. The molecule has 3 rings (SSSR count). The summed E-state index contributed by atoms with van der Waals surface area (Å²) in [4.78, 5) is 83.6. The van der Waals surface area contributed by atoms with Crippen LogP contribution < -0.4 is 42.5 Å². The second-order valence-electron chi connectivity index (χ2n) is 17.0. The van der Waals surface area contributed by atoms with Crippen molar-refractivity contribution in [3.05, 3.63) is 36.1 Å². The Morgan fingerprint density at radius 3 is 1.71 bits per heavy atom. The molecule has 1 saturated heterocycles. The SMILES string of the molecule is CC[C@H](C)[C@H]1NC(=O)[C@H](C)NC[C@H](C(C)C)NC(=O)[C@@H](CC2=CNC3C=CC=CC23)NC(=O)C(C(C)C)NC(=O)[C@@H](CC(C)C)NC(=O)C(C(C)C)NC1=O. The van der Waals surface area contributed by atoms with Gasteiger partial charge in [0.15, 0.2) is 0 Å². The number of hydrogen-bond donors (Lipinski definition) is 8. The summed E-state index contributed by atoms with van der Waals surface area (Å²) in [6.45, 7) is 20.7. The number of nitrogens with one attached hydrogen (secondary N) is 8. The standard InChI is InChI=1S/C41H68N8O6/c1-12-25(10)35-41(55)48-34(24(8)9)40(54)44-30(17-21(2)3)38(52)47-33(23(6)7)39(53)45-31(18-27-19-43-29-16-14-13-15-28(27)29)37(51)46-32(22(4)5)20-42-26(11)36(50)49-35/h13-16,19,21-26,28-35,42-43H,12,17-18,20H2,1-11H3,(H,44,54)(H,45,53)(H,46,51)(H,47,52)(H,48,55)(H,49,50)/t25-,26-,28?,29?,30+,31+,32+,33?,34?,35+/m0/s1. The third-order valence-electron chi connectivity index (χ3n) is 10.9. The van der Waals surface area contributed by atoms with Crippen molar-refractivity contribution in [2.45, 2.75) is 144 Å². The summed E-state index contributed by atoms with van der Waals surface area (Å²) in [7, 11) is 0. The van der Waals surface area contributed by atoms with E-state index in [0.717, 1.165) is 5.57 Å². The van der Waals surface area contributed by atoms with Crippen LogP contribution >= 0.6 is 0 Å². The third-order valence-corrected chi connectivity index (χ3v) is 10.9. The molecule has 0 bridgehead atoms. The Morgan fingerprint density at radius 2 is 1.15 bits per heavy atom. The Labute approximate surface area is 328 Å². The number of hydrogen-bond acceptors (Lipinski definition) is 8. The van der Waals surface area contributed by atoms with Gasteiger partial charge in [-0.1, -0.05) is 100.0 Å². The van der Waals surface area contributed by atoms with Gasteiger partial charge in [0.05, 0.1) is 12.1 Å². The van der Waals surface area contributed by atoms with Crippen LogP contribution in [-0.4, -0.2) is 90.3 Å². The molecule has 0 spiro atoms. The molecule has 0 saturated carbocycles. The average molecular weight is 769 g/mol. The molecular weight excluding hydrogens is 701 g/mol. The fourth-order valence-corrected chi connectivity index (χ4v) is 6.97. The first-order chi connectivity index (χ1) is 25.8. The summed E-state index contributed by atoms with van der Waals surface area (Å²) in [5, 5.41) is 24.1. The average Bonchev–Trinajstić information content (AvgIpc) is 3.53. The summed E-state index contributed by atoms with van der Waals surface area (Å²) in [6, 6.07) is -6.08. The lowest BCUT2D eigenvalue weighted by Gasteiger charge is -2.31. The first kappa shape index (κ1) is 45.2. The van der Waals surface area contributed by atoms with Crippen LogP contribution in [-0.2, 0) is 28.8 Å². The predicted octanol–water partition coefficient (Wildman–Crippen LogP) is 1.94. The molecule has 0 aromatic rings. The summed E-state index contributed by atoms with van der Waals surface area (Å²) >= 11 is 0. The second-order valence-corrected chi connectivity index (χ2v) is 17.0. The van der Waals surface area contributed by atoms with Gasteiger partial charge in [0.2, 0.25) is 35.4 Å². The van der Waals surface area contributed by atoms with E-state index in [1.165, 1.54) is 0 Å². The van der Waals surface area contributed by atoms with E-state index in [9.17, 15) is 28.8 Å². The Balaban J connectivity index is 2.06. The minimum atomic E-state index is -1.03. The number of carbonyl (C=O) groups excluding carboxylic acids is 6. The monoisotopic (exact) mass is 769 g/mol. The van der Waals surface area contributed by atoms with Crippen molar-refractivity contribution in [2.24, 2.45) is 35.5 Å². The normalized spacial score (nSPS) is 31.0. The van der Waals surface area contributed by atoms with Crippen LogP contribution in [0.1, 0.15) is 95.4 Å². The molecule has 1 aliphatic carbocycles. The zero-order valence-electron chi connectivity index (χ0n) is 34.7. The molecule has 8 N–H and O–H groups in total. The maximum Gasteiger partial charge on any atom is 0.243 e. The fraction of sp³-hybridized carbons (Fsp3) is 0.707. The zero-order valence-corrected chi connectivity index (χ0v) is 34.7. The molecule has 14 nitrogen and oxygen atoms in total. The molecule has 308 valence electrons. The maximum absolute atomic E-state index is 14.2. The molecule has 0 radical (unpaired) electrons. The molecule has 10 atom stereocenters. The molecular formula is C41H68N8O6. The van der Waals surface area contributed by atoms with Crippen LogP contribution in [0.5, 0.6) is 0 Å². The molecule has 2 aliphatic heterocycles. The maximum atomic E-state index is 14.2. The van der Waals surface area contributed by atoms with Gasteiger partial charge in [-0.25, -0.2) is 0 Å². The number of carbonyl (C=O) groups is 6. The van der Waals surface area contributed by atoms with Gasteiger partial charge in [-0.2, -0.15) is 0 Å². The molecule has 6 amide bonds. The van der Waals surface area contributed by atoms with Gasteiger partial charge in [-0.05, 0) is 61.1 Å². The van der Waals surface area contributed by atoms with Crippen LogP contribution in [0.15, 0.2) is 36.1 Å². The van der Waals surface area contributed by atoms with Crippen molar-refractivity contribution in [2.75, 3.05) is 6.54 Å². The Bertz CT molecular complexity index is 1470. The number of amides is 6. The van der Waals surface area contributed by atoms with Crippen molar-refractivity contribution < 1.29 is 28.8 Å². The summed E-state index contributed by atoms with van der Waals surface area (Å²) < 4.78 is 0. The predicted molar refractivity (Wildman–Crippen MR) is 214 cm³/mol. The minimum Gasteiger partial charge on any atom is -0.384 e. The molecule has 2 heterocycles. The number of allylic oxidation sites excluding steroid dienone is 2. The molecule has 3 aliphatic rings. The first-order valence-electron chi connectivity index (χ1n) is 20.2. The van der Waals surface area contributed by atoms with Crippen molar-refractivity contribution in [3.8, 4) is 0 Å². The van der Waals surface area contributed by atoms with E-state index in [-0.39, 0.29) is 60.9 Å². The smallest absolute Gasteiger partial charge is 0.243 e. The second kappa shape index (κ2) is 20.6. The van der Waals surface area contributed by atoms with Crippen LogP contribution in [0.2, 0.25) is 0 Å². The van der Waals surface area contributed by atoms with Crippen LogP contribution in [0.4, 0.5) is 0 Å². The molecule has 0 aromatic heterocycles. The first-order valence-corrected chi connectivity index (χ1v) is 20.2. The van der Waals surface area contributed by atoms with E-state index in [2.05, 4.69) is 54.7 Å². The molecule has 55 heavy (non-hydrogen) atoms. The number of fused-ring (bicyclic) bond motifs is 1. The van der Waals surface area contributed by atoms with E-state index in [0.29, 0.717) is 6.42 Å². The summed E-state index contributed by atoms with van der Waals surface area (Å²) in [5.41, 5.74) is 0.949. The van der Waals surface area contributed by atoms with Gasteiger partial charge in [-0.3, -0.25) is 28.8 Å². The highest BCUT2D eigenvalue weighted by Crippen LogP contribution is 2.29. The van der Waals surface area contributed by atoms with Crippen LogP contribution in [0, 0.1) is 35.5 Å². The van der Waals surface area contributed by atoms with Crippen LogP contribution in [0.25, 0.3) is 0 Å². The number of rotatable bonds is 9.